The quantitative estimate of drug-likeness (QED) is 0.496. The number of carbonyl (C=O) groups excluding carboxylic acids is 1. The molecule has 198 valence electrons. The maximum absolute atomic E-state index is 14.5. The molecule has 0 unspecified atom stereocenters. The Morgan fingerprint density at radius 2 is 1.94 bits per heavy atom. The lowest BCUT2D eigenvalue weighted by Crippen LogP contribution is -2.46. The van der Waals surface area contributed by atoms with E-state index in [1.807, 2.05) is 13.8 Å². The van der Waals surface area contributed by atoms with Gasteiger partial charge in [0.15, 0.2) is 5.82 Å². The van der Waals surface area contributed by atoms with Crippen LogP contribution in [0.15, 0.2) is 16.7 Å². The van der Waals surface area contributed by atoms with Gasteiger partial charge >= 0.3 is 6.01 Å². The summed E-state index contributed by atoms with van der Waals surface area (Å²) in [6, 6.07) is 2.68. The lowest BCUT2D eigenvalue weighted by molar-refractivity contribution is 0.0860. The molecule has 0 bridgehead atoms. The Balaban J connectivity index is 1.21. The third-order valence-corrected chi connectivity index (χ3v) is 7.19. The summed E-state index contributed by atoms with van der Waals surface area (Å²) in [6.45, 7) is 9.01. The van der Waals surface area contributed by atoms with Gasteiger partial charge in [0, 0.05) is 31.1 Å². The molecule has 36 heavy (non-hydrogen) atoms. The Kier molecular flexibility index (Phi) is 7.82. The molecule has 2 fully saturated rings. The summed E-state index contributed by atoms with van der Waals surface area (Å²) in [4.78, 5) is 18.9. The van der Waals surface area contributed by atoms with Crippen LogP contribution in [0, 0.1) is 29.4 Å². The standard InChI is InChI=1S/C26H36F2N4O4/c1-15(2)23-29-25(36-31-23)32-8-5-16(6-9-32)19-11-17(19)7-10-35-18-12-20(27)22(21(28)13-18)24(34)30-26(3,4)14-33/h12-13,15-17,19,33H,5-11,14H2,1-4H3,(H,30,34)/t17-,19-/m1/s1. The Morgan fingerprint density at radius 3 is 2.53 bits per heavy atom. The molecule has 1 saturated heterocycles. The molecule has 10 heteroatoms. The molecule has 2 heterocycles. The number of piperidine rings is 1. The zero-order chi connectivity index (χ0) is 26.0. The molecule has 2 aliphatic rings. The SMILES string of the molecule is CC(C)c1noc(N2CCC([C@H]3C[C@H]3CCOc3cc(F)c(C(=O)NC(C)(C)CO)c(F)c3)CC2)n1. The first-order chi connectivity index (χ1) is 17.1. The van der Waals surface area contributed by atoms with Gasteiger partial charge < -0.3 is 24.6 Å². The summed E-state index contributed by atoms with van der Waals surface area (Å²) < 4.78 is 40.0. The maximum Gasteiger partial charge on any atom is 0.324 e. The normalized spacial score (nSPS) is 20.6. The van der Waals surface area contributed by atoms with Crippen LogP contribution in [0.25, 0.3) is 0 Å². The Labute approximate surface area is 210 Å². The fourth-order valence-corrected chi connectivity index (χ4v) is 4.88. The number of anilines is 1. The van der Waals surface area contributed by atoms with Crippen LogP contribution >= 0.6 is 0 Å². The highest BCUT2D eigenvalue weighted by molar-refractivity contribution is 5.95. The van der Waals surface area contributed by atoms with E-state index in [-0.39, 0.29) is 18.3 Å². The highest BCUT2D eigenvalue weighted by atomic mass is 19.1. The van der Waals surface area contributed by atoms with Crippen molar-refractivity contribution in [2.45, 2.75) is 64.8 Å². The summed E-state index contributed by atoms with van der Waals surface area (Å²) >= 11 is 0. The molecule has 0 spiro atoms. The molecule has 1 amide bonds. The van der Waals surface area contributed by atoms with Crippen molar-refractivity contribution in [3.05, 3.63) is 35.2 Å². The average molecular weight is 507 g/mol. The van der Waals surface area contributed by atoms with Gasteiger partial charge in [-0.1, -0.05) is 19.0 Å². The molecular formula is C26H36F2N4O4. The van der Waals surface area contributed by atoms with Gasteiger partial charge in [-0.05, 0) is 57.3 Å². The van der Waals surface area contributed by atoms with Gasteiger partial charge in [0.05, 0.1) is 18.8 Å². The third kappa shape index (κ3) is 6.14. The number of aliphatic hydroxyl groups excluding tert-OH is 1. The number of halogens is 2. The molecule has 1 aliphatic carbocycles. The van der Waals surface area contributed by atoms with Crippen LogP contribution in [0.4, 0.5) is 14.8 Å². The minimum atomic E-state index is -0.993. The summed E-state index contributed by atoms with van der Waals surface area (Å²) in [7, 11) is 0. The average Bonchev–Trinajstić information content (AvgIpc) is 3.41. The van der Waals surface area contributed by atoms with Crippen LogP contribution in [0.2, 0.25) is 0 Å². The molecule has 4 rings (SSSR count). The zero-order valence-corrected chi connectivity index (χ0v) is 21.4. The molecule has 1 aromatic carbocycles. The number of aliphatic hydroxyl groups is 1. The number of carbonyl (C=O) groups is 1. The molecule has 1 saturated carbocycles. The molecule has 2 atom stereocenters. The van der Waals surface area contributed by atoms with Crippen molar-refractivity contribution in [2.24, 2.45) is 17.8 Å². The van der Waals surface area contributed by atoms with Crippen molar-refractivity contribution < 1.29 is 27.9 Å². The van der Waals surface area contributed by atoms with E-state index in [9.17, 15) is 18.7 Å². The lowest BCUT2D eigenvalue weighted by atomic mass is 9.90. The van der Waals surface area contributed by atoms with Gasteiger partial charge in [-0.25, -0.2) is 8.78 Å². The van der Waals surface area contributed by atoms with E-state index in [0.29, 0.717) is 30.4 Å². The van der Waals surface area contributed by atoms with Crippen LogP contribution < -0.4 is 15.0 Å². The van der Waals surface area contributed by atoms with E-state index in [4.69, 9.17) is 9.26 Å². The topological polar surface area (TPSA) is 101 Å². The minimum absolute atomic E-state index is 0.0637. The van der Waals surface area contributed by atoms with Crippen LogP contribution in [-0.4, -0.2) is 53.0 Å². The van der Waals surface area contributed by atoms with E-state index in [2.05, 4.69) is 20.4 Å². The first-order valence-electron chi connectivity index (χ1n) is 12.7. The number of ether oxygens (including phenoxy) is 1. The number of benzene rings is 1. The number of hydrogen-bond donors (Lipinski definition) is 2. The summed E-state index contributed by atoms with van der Waals surface area (Å²) in [5.41, 5.74) is -1.68. The molecule has 0 radical (unpaired) electrons. The number of amides is 1. The fraction of sp³-hybridized carbons (Fsp3) is 0.654. The van der Waals surface area contributed by atoms with Crippen LogP contribution in [0.1, 0.15) is 75.5 Å². The molecule has 8 nitrogen and oxygen atoms in total. The predicted octanol–water partition coefficient (Wildman–Crippen LogP) is 4.29. The number of aromatic nitrogens is 2. The van der Waals surface area contributed by atoms with Gasteiger partial charge in [-0.3, -0.25) is 4.79 Å². The molecule has 2 aromatic rings. The van der Waals surface area contributed by atoms with Crippen LogP contribution in [0.3, 0.4) is 0 Å². The van der Waals surface area contributed by atoms with Crippen molar-refractivity contribution in [1.29, 1.82) is 0 Å². The fourth-order valence-electron chi connectivity index (χ4n) is 4.88. The Morgan fingerprint density at radius 1 is 1.28 bits per heavy atom. The smallest absolute Gasteiger partial charge is 0.324 e. The lowest BCUT2D eigenvalue weighted by Gasteiger charge is -2.30. The van der Waals surface area contributed by atoms with E-state index >= 15 is 0 Å². The maximum atomic E-state index is 14.5. The molecular weight excluding hydrogens is 470 g/mol. The first kappa shape index (κ1) is 26.3. The van der Waals surface area contributed by atoms with E-state index in [1.54, 1.807) is 13.8 Å². The second-order valence-electron chi connectivity index (χ2n) is 11.0. The van der Waals surface area contributed by atoms with Crippen LogP contribution in [0.5, 0.6) is 5.75 Å². The van der Waals surface area contributed by atoms with Crippen molar-refractivity contribution in [3.8, 4) is 5.75 Å². The van der Waals surface area contributed by atoms with Gasteiger partial charge in [-0.2, -0.15) is 4.98 Å². The Bertz CT molecular complexity index is 1040. The van der Waals surface area contributed by atoms with Gasteiger partial charge in [0.2, 0.25) is 0 Å². The van der Waals surface area contributed by atoms with Crippen molar-refractivity contribution >= 4 is 11.9 Å². The number of rotatable bonds is 10. The van der Waals surface area contributed by atoms with Crippen LogP contribution in [-0.2, 0) is 0 Å². The second-order valence-corrected chi connectivity index (χ2v) is 11.0. The molecule has 1 aliphatic heterocycles. The number of nitrogens with zero attached hydrogens (tertiary/aromatic N) is 3. The number of hydrogen-bond acceptors (Lipinski definition) is 7. The van der Waals surface area contributed by atoms with E-state index in [0.717, 1.165) is 56.7 Å². The van der Waals surface area contributed by atoms with Gasteiger partial charge in [0.1, 0.15) is 22.9 Å². The largest absolute Gasteiger partial charge is 0.493 e. The predicted molar refractivity (Wildman–Crippen MR) is 130 cm³/mol. The van der Waals surface area contributed by atoms with Gasteiger partial charge in [0.25, 0.3) is 5.91 Å². The highest BCUT2D eigenvalue weighted by Gasteiger charge is 2.43. The zero-order valence-electron chi connectivity index (χ0n) is 21.4. The minimum Gasteiger partial charge on any atom is -0.493 e. The second kappa shape index (κ2) is 10.7. The monoisotopic (exact) mass is 506 g/mol. The highest BCUT2D eigenvalue weighted by Crippen LogP contribution is 2.50. The molecule has 1 aromatic heterocycles. The summed E-state index contributed by atoms with van der Waals surface area (Å²) in [5.74, 6) is -0.00708. The van der Waals surface area contributed by atoms with Gasteiger partial charge in [-0.15, -0.1) is 0 Å². The molecule has 2 N–H and O–H groups in total. The van der Waals surface area contributed by atoms with Crippen molar-refractivity contribution in [3.63, 3.8) is 0 Å². The van der Waals surface area contributed by atoms with E-state index in [1.165, 1.54) is 0 Å². The first-order valence-corrected chi connectivity index (χ1v) is 12.7. The van der Waals surface area contributed by atoms with Crippen molar-refractivity contribution in [2.75, 3.05) is 31.2 Å². The van der Waals surface area contributed by atoms with Crippen molar-refractivity contribution in [1.82, 2.24) is 15.5 Å². The Hall–Kier alpha value is -2.75. The van der Waals surface area contributed by atoms with E-state index < -0.39 is 28.6 Å². The summed E-state index contributed by atoms with van der Waals surface area (Å²) in [6.07, 6.45) is 4.12. The summed E-state index contributed by atoms with van der Waals surface area (Å²) in [5, 5.41) is 15.7. The number of nitrogens with one attached hydrogen (secondary N) is 1. The third-order valence-electron chi connectivity index (χ3n) is 7.19.